The van der Waals surface area contributed by atoms with E-state index < -0.39 is 0 Å². The molecule has 8 heteroatoms. The summed E-state index contributed by atoms with van der Waals surface area (Å²) < 4.78 is 21.0. The number of amides is 1. The number of carbonyl (C=O) groups is 1. The number of ether oxygens (including phenoxy) is 3. The average molecular weight is 479 g/mol. The summed E-state index contributed by atoms with van der Waals surface area (Å²) in [6.45, 7) is 7.00. The second kappa shape index (κ2) is 9.45. The zero-order valence-electron chi connectivity index (χ0n) is 16.8. The molecule has 154 valence electrons. The van der Waals surface area contributed by atoms with Crippen LogP contribution in [0, 0.1) is 0 Å². The fourth-order valence-corrected chi connectivity index (χ4v) is 4.73. The molecule has 0 aliphatic carbocycles. The van der Waals surface area contributed by atoms with Gasteiger partial charge in [0, 0.05) is 17.1 Å². The molecule has 29 heavy (non-hydrogen) atoms. The van der Waals surface area contributed by atoms with Gasteiger partial charge in [0.05, 0.1) is 30.0 Å². The number of carbonyl (C=O) groups excluding carboxylic acids is 1. The third kappa shape index (κ3) is 4.48. The summed E-state index contributed by atoms with van der Waals surface area (Å²) in [5.74, 6) is 1.09. The van der Waals surface area contributed by atoms with E-state index in [-0.39, 0.29) is 5.91 Å². The lowest BCUT2D eigenvalue weighted by Gasteiger charge is -2.16. The van der Waals surface area contributed by atoms with Gasteiger partial charge in [0.1, 0.15) is 0 Å². The normalized spacial score (nSPS) is 11.7. The number of aromatic nitrogens is 1. The van der Waals surface area contributed by atoms with Crippen molar-refractivity contribution in [2.24, 2.45) is 12.0 Å². The first-order chi connectivity index (χ1) is 14.0. The van der Waals surface area contributed by atoms with Gasteiger partial charge in [0.25, 0.3) is 5.91 Å². The van der Waals surface area contributed by atoms with Gasteiger partial charge in [-0.3, -0.25) is 4.79 Å². The zero-order valence-corrected chi connectivity index (χ0v) is 19.2. The van der Waals surface area contributed by atoms with Crippen molar-refractivity contribution in [1.82, 2.24) is 4.57 Å². The van der Waals surface area contributed by atoms with Crippen LogP contribution in [-0.4, -0.2) is 30.3 Å². The Labute approximate surface area is 181 Å². The molecule has 0 aliphatic heterocycles. The molecular weight excluding hydrogens is 456 g/mol. The Morgan fingerprint density at radius 2 is 1.69 bits per heavy atom. The maximum absolute atomic E-state index is 13.0. The number of halogens is 1. The van der Waals surface area contributed by atoms with E-state index in [0.717, 1.165) is 14.7 Å². The van der Waals surface area contributed by atoms with E-state index in [2.05, 4.69) is 20.9 Å². The highest BCUT2D eigenvalue weighted by molar-refractivity contribution is 9.10. The SMILES string of the molecule is CCOc1cc(C(=O)N=c2sc3cccc(Br)c3n2C)cc(OCC)c1OCC. The van der Waals surface area contributed by atoms with Crippen LogP contribution in [0.1, 0.15) is 31.1 Å². The lowest BCUT2D eigenvalue weighted by atomic mass is 10.1. The van der Waals surface area contributed by atoms with E-state index >= 15 is 0 Å². The van der Waals surface area contributed by atoms with Crippen molar-refractivity contribution >= 4 is 43.4 Å². The van der Waals surface area contributed by atoms with Crippen molar-refractivity contribution in [2.45, 2.75) is 20.8 Å². The summed E-state index contributed by atoms with van der Waals surface area (Å²) in [5.41, 5.74) is 1.39. The second-order valence-corrected chi connectivity index (χ2v) is 7.91. The van der Waals surface area contributed by atoms with Crippen LogP contribution in [-0.2, 0) is 7.05 Å². The average Bonchev–Trinajstić information content (AvgIpc) is 3.01. The molecule has 1 amide bonds. The maximum atomic E-state index is 13.0. The van der Waals surface area contributed by atoms with Crippen LogP contribution in [0.3, 0.4) is 0 Å². The third-order valence-electron chi connectivity index (χ3n) is 4.13. The van der Waals surface area contributed by atoms with E-state index in [1.54, 1.807) is 12.1 Å². The number of hydrogen-bond donors (Lipinski definition) is 0. The maximum Gasteiger partial charge on any atom is 0.279 e. The number of thiazole rings is 1. The number of aryl methyl sites for hydroxylation is 1. The highest BCUT2D eigenvalue weighted by Gasteiger charge is 2.18. The van der Waals surface area contributed by atoms with Gasteiger partial charge in [-0.2, -0.15) is 4.99 Å². The predicted octanol–water partition coefficient (Wildman–Crippen LogP) is 4.94. The molecule has 3 aromatic rings. The number of rotatable bonds is 7. The molecule has 0 atom stereocenters. The lowest BCUT2D eigenvalue weighted by Crippen LogP contribution is -2.14. The molecule has 0 saturated heterocycles. The van der Waals surface area contributed by atoms with Gasteiger partial charge in [0.15, 0.2) is 16.3 Å². The van der Waals surface area contributed by atoms with Gasteiger partial charge >= 0.3 is 0 Å². The molecule has 1 heterocycles. The standard InChI is InChI=1S/C21H23BrN2O4S/c1-5-26-15-11-13(12-16(27-6-2)19(15)28-7-3)20(25)23-21-24(4)18-14(22)9-8-10-17(18)29-21/h8-12H,5-7H2,1-4H3. The molecule has 0 aliphatic rings. The summed E-state index contributed by atoms with van der Waals surface area (Å²) in [6.07, 6.45) is 0. The predicted molar refractivity (Wildman–Crippen MR) is 118 cm³/mol. The lowest BCUT2D eigenvalue weighted by molar-refractivity contribution is 0.0997. The van der Waals surface area contributed by atoms with Crippen LogP contribution in [0.2, 0.25) is 0 Å². The molecule has 0 unspecified atom stereocenters. The first-order valence-electron chi connectivity index (χ1n) is 9.39. The smallest absolute Gasteiger partial charge is 0.279 e. The van der Waals surface area contributed by atoms with Gasteiger partial charge in [-0.05, 0) is 61.0 Å². The Kier molecular flexibility index (Phi) is 6.97. The quantitative estimate of drug-likeness (QED) is 0.482. The van der Waals surface area contributed by atoms with Crippen molar-refractivity contribution < 1.29 is 19.0 Å². The Morgan fingerprint density at radius 3 is 2.24 bits per heavy atom. The van der Waals surface area contributed by atoms with Crippen molar-refractivity contribution in [3.8, 4) is 17.2 Å². The fourth-order valence-electron chi connectivity index (χ4n) is 2.93. The van der Waals surface area contributed by atoms with Crippen LogP contribution in [0.15, 0.2) is 39.8 Å². The molecule has 0 radical (unpaired) electrons. The van der Waals surface area contributed by atoms with Crippen LogP contribution >= 0.6 is 27.3 Å². The summed E-state index contributed by atoms with van der Waals surface area (Å²) in [7, 11) is 1.89. The molecule has 3 rings (SSSR count). The van der Waals surface area contributed by atoms with Crippen molar-refractivity contribution in [2.75, 3.05) is 19.8 Å². The van der Waals surface area contributed by atoms with Crippen LogP contribution in [0.25, 0.3) is 10.2 Å². The van der Waals surface area contributed by atoms with Gasteiger partial charge in [-0.1, -0.05) is 17.4 Å². The molecule has 6 nitrogen and oxygen atoms in total. The second-order valence-electron chi connectivity index (χ2n) is 6.05. The van der Waals surface area contributed by atoms with E-state index in [1.807, 2.05) is 50.6 Å². The summed E-state index contributed by atoms with van der Waals surface area (Å²) >= 11 is 5.02. The van der Waals surface area contributed by atoms with Crippen molar-refractivity contribution in [1.29, 1.82) is 0 Å². The van der Waals surface area contributed by atoms with Crippen LogP contribution in [0.4, 0.5) is 0 Å². The van der Waals surface area contributed by atoms with E-state index in [9.17, 15) is 4.79 Å². The third-order valence-corrected chi connectivity index (χ3v) is 5.86. The minimum atomic E-state index is -0.367. The molecule has 2 aromatic carbocycles. The summed E-state index contributed by atoms with van der Waals surface area (Å²) in [4.78, 5) is 17.9. The molecule has 0 fully saturated rings. The summed E-state index contributed by atoms with van der Waals surface area (Å²) in [5, 5.41) is 0. The largest absolute Gasteiger partial charge is 0.490 e. The first kappa shape index (κ1) is 21.4. The molecule has 0 N–H and O–H groups in total. The molecule has 1 aromatic heterocycles. The number of benzene rings is 2. The number of fused-ring (bicyclic) bond motifs is 1. The Morgan fingerprint density at radius 1 is 1.07 bits per heavy atom. The highest BCUT2D eigenvalue weighted by Crippen LogP contribution is 2.39. The van der Waals surface area contributed by atoms with E-state index in [1.165, 1.54) is 11.3 Å². The Bertz CT molecular complexity index is 1080. The number of para-hydroxylation sites is 1. The minimum absolute atomic E-state index is 0.367. The molecule has 0 bridgehead atoms. The van der Waals surface area contributed by atoms with Gasteiger partial charge < -0.3 is 18.8 Å². The van der Waals surface area contributed by atoms with Crippen LogP contribution < -0.4 is 19.0 Å². The Balaban J connectivity index is 2.10. The van der Waals surface area contributed by atoms with Crippen LogP contribution in [0.5, 0.6) is 17.2 Å². The van der Waals surface area contributed by atoms with Gasteiger partial charge in [-0.25, -0.2) is 0 Å². The minimum Gasteiger partial charge on any atom is -0.490 e. The fraction of sp³-hybridized carbons (Fsp3) is 0.333. The van der Waals surface area contributed by atoms with Gasteiger partial charge in [0.2, 0.25) is 5.75 Å². The summed E-state index contributed by atoms with van der Waals surface area (Å²) in [6, 6.07) is 9.25. The Hall–Kier alpha value is -2.32. The van der Waals surface area contributed by atoms with Crippen molar-refractivity contribution in [3.05, 3.63) is 45.2 Å². The zero-order chi connectivity index (χ0) is 21.0. The van der Waals surface area contributed by atoms with Gasteiger partial charge in [-0.15, -0.1) is 0 Å². The monoisotopic (exact) mass is 478 g/mol. The first-order valence-corrected chi connectivity index (χ1v) is 11.0. The molecule has 0 saturated carbocycles. The van der Waals surface area contributed by atoms with Crippen molar-refractivity contribution in [3.63, 3.8) is 0 Å². The number of hydrogen-bond acceptors (Lipinski definition) is 5. The number of nitrogens with zero attached hydrogens (tertiary/aromatic N) is 2. The van der Waals surface area contributed by atoms with E-state index in [0.29, 0.717) is 47.4 Å². The highest BCUT2D eigenvalue weighted by atomic mass is 79.9. The molecule has 0 spiro atoms. The van der Waals surface area contributed by atoms with E-state index in [4.69, 9.17) is 14.2 Å². The topological polar surface area (TPSA) is 62.0 Å². The molecular formula is C21H23BrN2O4S.